The van der Waals surface area contributed by atoms with Crippen molar-refractivity contribution in [1.29, 1.82) is 0 Å². The molecule has 1 aromatic heterocycles. The van der Waals surface area contributed by atoms with Gasteiger partial charge in [-0.25, -0.2) is 9.97 Å². The Labute approximate surface area is 222 Å². The smallest absolute Gasteiger partial charge is 0.229 e. The minimum Gasteiger partial charge on any atom is -0.497 e. The van der Waals surface area contributed by atoms with E-state index >= 15 is 0 Å². The predicted molar refractivity (Wildman–Crippen MR) is 151 cm³/mol. The van der Waals surface area contributed by atoms with Crippen molar-refractivity contribution in [3.63, 3.8) is 0 Å². The number of hydrogen-bond acceptors (Lipinski definition) is 5. The van der Waals surface area contributed by atoms with Crippen LogP contribution in [-0.4, -0.2) is 28.1 Å². The van der Waals surface area contributed by atoms with E-state index in [2.05, 4.69) is 26.2 Å². The molecular weight excluding hydrogens is 518 g/mol. The summed E-state index contributed by atoms with van der Waals surface area (Å²) in [5.74, 6) is 0.698. The third kappa shape index (κ3) is 9.06. The predicted octanol–water partition coefficient (Wildman–Crippen LogP) is 7.23. The van der Waals surface area contributed by atoms with Gasteiger partial charge >= 0.3 is 0 Å². The second kappa shape index (κ2) is 15.0. The number of allylic oxidation sites excluding steroid dienone is 8. The number of aromatic nitrogens is 2. The molecule has 0 saturated heterocycles. The second-order valence-corrected chi connectivity index (χ2v) is 9.34. The molecule has 2 aromatic rings. The van der Waals surface area contributed by atoms with Crippen molar-refractivity contribution in [1.82, 2.24) is 9.97 Å². The molecular formula is C29H34BrN3O3. The van der Waals surface area contributed by atoms with Gasteiger partial charge in [-0.05, 0) is 67.1 Å². The number of amides is 1. The first-order valence-electron chi connectivity index (χ1n) is 11.8. The fourth-order valence-electron chi connectivity index (χ4n) is 3.22. The van der Waals surface area contributed by atoms with Crippen LogP contribution in [0.3, 0.4) is 0 Å². The molecule has 1 unspecified atom stereocenters. The molecule has 2 N–H and O–H groups in total. The Morgan fingerprint density at radius 3 is 2.53 bits per heavy atom. The number of carbonyl (C=O) groups excluding carboxylic acids is 1. The number of nitrogens with zero attached hydrogens (tertiary/aromatic N) is 2. The Morgan fingerprint density at radius 2 is 1.92 bits per heavy atom. The van der Waals surface area contributed by atoms with E-state index < -0.39 is 6.10 Å². The van der Waals surface area contributed by atoms with Crippen LogP contribution in [0.2, 0.25) is 0 Å². The van der Waals surface area contributed by atoms with Crippen molar-refractivity contribution in [3.8, 4) is 17.0 Å². The number of carbonyl (C=O) groups is 1. The van der Waals surface area contributed by atoms with Gasteiger partial charge in [-0.1, -0.05) is 65.4 Å². The second-order valence-electron chi connectivity index (χ2n) is 8.09. The van der Waals surface area contributed by atoms with Gasteiger partial charge in [-0.15, -0.1) is 0 Å². The monoisotopic (exact) mass is 551 g/mol. The summed E-state index contributed by atoms with van der Waals surface area (Å²) in [4.78, 5) is 22.1. The Hall–Kier alpha value is -3.29. The first-order chi connectivity index (χ1) is 17.3. The third-order valence-corrected chi connectivity index (χ3v) is 5.40. The zero-order chi connectivity index (χ0) is 26.5. The van der Waals surface area contributed by atoms with Crippen LogP contribution in [0.5, 0.6) is 5.75 Å². The van der Waals surface area contributed by atoms with E-state index in [0.29, 0.717) is 11.3 Å². The summed E-state index contributed by atoms with van der Waals surface area (Å²) in [6.45, 7) is 7.68. The highest BCUT2D eigenvalue weighted by molar-refractivity contribution is 9.11. The third-order valence-electron chi connectivity index (χ3n) is 5.14. The lowest BCUT2D eigenvalue weighted by atomic mass is 10.1. The molecule has 0 aliphatic heterocycles. The standard InChI is InChI=1S/C29H34BrN3O3/c1-6-8-9-11-20(3)28(35)27-29(33-26(34)18-22(10-7-2)13-12-21(4)30)31-19-25(32-27)23-14-16-24(36-5)17-15-23/h7-17,19,28,35H,6,18H2,1-5H3,(H,31,33,34)/b9-8-,10-7-,20-11+,21-12+,22-13+. The van der Waals surface area contributed by atoms with Crippen LogP contribution in [0.1, 0.15) is 52.3 Å². The molecule has 0 aliphatic rings. The number of aliphatic hydroxyl groups excluding tert-OH is 1. The quantitative estimate of drug-likeness (QED) is 0.288. The van der Waals surface area contributed by atoms with Gasteiger partial charge in [-0.3, -0.25) is 4.79 Å². The van der Waals surface area contributed by atoms with Crippen LogP contribution < -0.4 is 10.1 Å². The molecule has 1 heterocycles. The van der Waals surface area contributed by atoms with Crippen LogP contribution in [0, 0.1) is 0 Å². The van der Waals surface area contributed by atoms with Gasteiger partial charge in [0, 0.05) is 5.56 Å². The fourth-order valence-corrected chi connectivity index (χ4v) is 3.36. The summed E-state index contributed by atoms with van der Waals surface area (Å²) in [6.07, 6.45) is 14.8. The molecule has 36 heavy (non-hydrogen) atoms. The van der Waals surface area contributed by atoms with Crippen molar-refractivity contribution in [2.45, 2.75) is 46.6 Å². The van der Waals surface area contributed by atoms with E-state index in [1.807, 2.05) is 94.5 Å². The highest BCUT2D eigenvalue weighted by Crippen LogP contribution is 2.29. The topological polar surface area (TPSA) is 84.3 Å². The molecule has 190 valence electrons. The number of aliphatic hydroxyl groups is 1. The molecule has 0 radical (unpaired) electrons. The summed E-state index contributed by atoms with van der Waals surface area (Å²) in [7, 11) is 1.61. The Morgan fingerprint density at radius 1 is 1.19 bits per heavy atom. The summed E-state index contributed by atoms with van der Waals surface area (Å²) in [5.41, 5.74) is 3.19. The van der Waals surface area contributed by atoms with E-state index in [4.69, 9.17) is 9.72 Å². The molecule has 0 aliphatic carbocycles. The van der Waals surface area contributed by atoms with Gasteiger partial charge in [0.15, 0.2) is 5.82 Å². The maximum Gasteiger partial charge on any atom is 0.229 e. The molecule has 1 aromatic carbocycles. The summed E-state index contributed by atoms with van der Waals surface area (Å²) in [6, 6.07) is 7.42. The van der Waals surface area contributed by atoms with Gasteiger partial charge in [0.2, 0.25) is 5.91 Å². The maximum atomic E-state index is 12.9. The number of rotatable bonds is 11. The van der Waals surface area contributed by atoms with E-state index in [1.54, 1.807) is 13.3 Å². The lowest BCUT2D eigenvalue weighted by Gasteiger charge is -2.17. The summed E-state index contributed by atoms with van der Waals surface area (Å²) < 4.78 is 6.19. The van der Waals surface area contributed by atoms with E-state index in [1.165, 1.54) is 0 Å². The number of anilines is 1. The molecule has 1 amide bonds. The molecule has 0 saturated carbocycles. The molecule has 6 nitrogen and oxygen atoms in total. The summed E-state index contributed by atoms with van der Waals surface area (Å²) in [5, 5.41) is 14.0. The zero-order valence-corrected chi connectivity index (χ0v) is 23.0. The number of benzene rings is 1. The van der Waals surface area contributed by atoms with Gasteiger partial charge in [-0.2, -0.15) is 0 Å². The Kier molecular flexibility index (Phi) is 12.0. The molecule has 1 atom stereocenters. The minimum absolute atomic E-state index is 0.145. The minimum atomic E-state index is -1.04. The number of methoxy groups -OCH3 is 1. The van der Waals surface area contributed by atoms with E-state index in [-0.39, 0.29) is 23.8 Å². The van der Waals surface area contributed by atoms with E-state index in [0.717, 1.165) is 27.8 Å². The number of hydrogen-bond donors (Lipinski definition) is 2. The van der Waals surface area contributed by atoms with Gasteiger partial charge in [0.1, 0.15) is 17.5 Å². The van der Waals surface area contributed by atoms with Crippen LogP contribution in [-0.2, 0) is 4.79 Å². The van der Waals surface area contributed by atoms with Crippen LogP contribution in [0.25, 0.3) is 11.3 Å². The lowest BCUT2D eigenvalue weighted by molar-refractivity contribution is -0.115. The van der Waals surface area contributed by atoms with Gasteiger partial charge in [0.05, 0.1) is 25.4 Å². The number of halogens is 1. The van der Waals surface area contributed by atoms with Gasteiger partial charge in [0.25, 0.3) is 0 Å². The largest absolute Gasteiger partial charge is 0.497 e. The zero-order valence-electron chi connectivity index (χ0n) is 21.5. The number of ether oxygens (including phenoxy) is 1. The summed E-state index contributed by atoms with van der Waals surface area (Å²) >= 11 is 3.40. The normalized spacial score (nSPS) is 13.9. The maximum absolute atomic E-state index is 12.9. The van der Waals surface area contributed by atoms with Crippen molar-refractivity contribution in [3.05, 3.63) is 94.3 Å². The van der Waals surface area contributed by atoms with Crippen molar-refractivity contribution in [2.75, 3.05) is 12.4 Å². The Balaban J connectivity index is 2.44. The SMILES string of the molecule is C\C=C/C(=C\C=C(/C)Br)CC(=O)Nc1ncc(-c2ccc(OC)cc2)nc1C(O)/C(C)=C/C=C\CC. The molecule has 2 rings (SSSR count). The van der Waals surface area contributed by atoms with Crippen LogP contribution in [0.4, 0.5) is 5.82 Å². The van der Waals surface area contributed by atoms with Gasteiger partial charge < -0.3 is 15.2 Å². The molecule has 0 fully saturated rings. The molecule has 0 bridgehead atoms. The van der Waals surface area contributed by atoms with Crippen molar-refractivity contribution in [2.24, 2.45) is 0 Å². The van der Waals surface area contributed by atoms with Crippen molar-refractivity contribution >= 4 is 27.7 Å². The van der Waals surface area contributed by atoms with Crippen molar-refractivity contribution < 1.29 is 14.6 Å². The fraction of sp³-hybridized carbons (Fsp3) is 0.276. The highest BCUT2D eigenvalue weighted by Gasteiger charge is 2.20. The number of nitrogens with one attached hydrogen (secondary N) is 1. The first-order valence-corrected chi connectivity index (χ1v) is 12.6. The average molecular weight is 553 g/mol. The first kappa shape index (κ1) is 28.9. The highest BCUT2D eigenvalue weighted by atomic mass is 79.9. The lowest BCUT2D eigenvalue weighted by Crippen LogP contribution is -2.17. The van der Waals surface area contributed by atoms with Crippen LogP contribution >= 0.6 is 15.9 Å². The van der Waals surface area contributed by atoms with E-state index in [9.17, 15) is 9.90 Å². The van der Waals surface area contributed by atoms with Crippen LogP contribution in [0.15, 0.2) is 88.6 Å². The average Bonchev–Trinajstić information content (AvgIpc) is 2.87. The Bertz CT molecular complexity index is 1170. The molecule has 0 spiro atoms. The molecule has 7 heteroatoms.